The van der Waals surface area contributed by atoms with Gasteiger partial charge in [0, 0.05) is 35.9 Å². The second-order valence-electron chi connectivity index (χ2n) is 3.66. The average molecular weight is 250 g/mol. The van der Waals surface area contributed by atoms with Gasteiger partial charge >= 0.3 is 0 Å². The minimum atomic E-state index is -0.0821. The zero-order chi connectivity index (χ0) is 12.3. The Morgan fingerprint density at radius 2 is 2.47 bits per heavy atom. The molecule has 1 amide bonds. The lowest BCUT2D eigenvalue weighted by atomic mass is 10.3. The quantitative estimate of drug-likeness (QED) is 0.765. The highest BCUT2D eigenvalue weighted by Gasteiger charge is 2.10. The third kappa shape index (κ3) is 2.85. The molecule has 2 aromatic heterocycles. The number of aromatic nitrogens is 2. The number of nitrogen functional groups attached to an aromatic ring is 1. The normalized spacial score (nSPS) is 10.4. The first-order valence-electron chi connectivity index (χ1n) is 5.29. The molecule has 17 heavy (non-hydrogen) atoms. The Morgan fingerprint density at radius 1 is 1.65 bits per heavy atom. The maximum absolute atomic E-state index is 11.8. The minimum Gasteiger partial charge on any atom is -0.398 e. The van der Waals surface area contributed by atoms with Crippen LogP contribution in [-0.2, 0) is 6.42 Å². The predicted molar refractivity (Wildman–Crippen MR) is 68.1 cm³/mol. The van der Waals surface area contributed by atoms with Crippen LogP contribution in [-0.4, -0.2) is 22.4 Å². The molecule has 0 aliphatic carbocycles. The van der Waals surface area contributed by atoms with Gasteiger partial charge in [-0.2, -0.15) is 0 Å². The summed E-state index contributed by atoms with van der Waals surface area (Å²) in [5, 5.41) is 2.83. The summed E-state index contributed by atoms with van der Waals surface area (Å²) in [5.41, 5.74) is 6.37. The molecular weight excluding hydrogens is 236 g/mol. The van der Waals surface area contributed by atoms with Crippen molar-refractivity contribution in [2.24, 2.45) is 0 Å². The highest BCUT2D eigenvalue weighted by molar-refractivity contribution is 7.14. The zero-order valence-electron chi connectivity index (χ0n) is 9.49. The van der Waals surface area contributed by atoms with E-state index in [4.69, 9.17) is 5.73 Å². The van der Waals surface area contributed by atoms with Crippen LogP contribution in [0.5, 0.6) is 0 Å². The van der Waals surface area contributed by atoms with Crippen molar-refractivity contribution in [2.45, 2.75) is 13.3 Å². The number of nitrogens with two attached hydrogens (primary N) is 1. The van der Waals surface area contributed by atoms with Gasteiger partial charge in [-0.1, -0.05) is 0 Å². The fraction of sp³-hybridized carbons (Fsp3) is 0.273. The Bertz CT molecular complexity index is 484. The van der Waals surface area contributed by atoms with Crippen LogP contribution < -0.4 is 11.1 Å². The number of amides is 1. The summed E-state index contributed by atoms with van der Waals surface area (Å²) < 4.78 is 0. The van der Waals surface area contributed by atoms with Crippen LogP contribution >= 0.6 is 11.3 Å². The molecule has 2 aromatic rings. The first-order valence-corrected chi connectivity index (χ1v) is 6.11. The van der Waals surface area contributed by atoms with Crippen LogP contribution in [0.2, 0.25) is 0 Å². The molecule has 0 saturated carbocycles. The van der Waals surface area contributed by atoms with Crippen LogP contribution in [0, 0.1) is 6.92 Å². The Labute approximate surface area is 103 Å². The van der Waals surface area contributed by atoms with E-state index >= 15 is 0 Å². The molecule has 5 nitrogen and oxygen atoms in total. The summed E-state index contributed by atoms with van der Waals surface area (Å²) in [5.74, 6) is 0.786. The lowest BCUT2D eigenvalue weighted by molar-refractivity contribution is 0.0958. The zero-order valence-corrected chi connectivity index (χ0v) is 10.3. The lowest BCUT2D eigenvalue weighted by Crippen LogP contribution is -2.25. The Morgan fingerprint density at radius 3 is 3.06 bits per heavy atom. The molecule has 0 spiro atoms. The fourth-order valence-corrected chi connectivity index (χ4v) is 2.28. The van der Waals surface area contributed by atoms with Crippen LogP contribution in [0.15, 0.2) is 18.5 Å². The van der Waals surface area contributed by atoms with E-state index in [0.29, 0.717) is 23.5 Å². The Hall–Kier alpha value is -1.82. The van der Waals surface area contributed by atoms with E-state index in [1.807, 2.05) is 6.92 Å². The number of thiophene rings is 1. The topological polar surface area (TPSA) is 83.8 Å². The van der Waals surface area contributed by atoms with E-state index in [-0.39, 0.29) is 5.91 Å². The number of carbonyl (C=O) groups excluding carboxylic acids is 1. The maximum atomic E-state index is 11.8. The van der Waals surface area contributed by atoms with Crippen molar-refractivity contribution >= 4 is 22.9 Å². The van der Waals surface area contributed by atoms with Crippen molar-refractivity contribution in [2.75, 3.05) is 12.3 Å². The van der Waals surface area contributed by atoms with Gasteiger partial charge in [0.05, 0.1) is 4.88 Å². The molecular formula is C11H14N4OS. The number of rotatable bonds is 4. The Kier molecular flexibility index (Phi) is 3.43. The molecule has 0 fully saturated rings. The first-order chi connectivity index (χ1) is 8.16. The smallest absolute Gasteiger partial charge is 0.261 e. The van der Waals surface area contributed by atoms with Gasteiger partial charge in [0.1, 0.15) is 5.82 Å². The fourth-order valence-electron chi connectivity index (χ4n) is 1.42. The summed E-state index contributed by atoms with van der Waals surface area (Å²) in [6.07, 6.45) is 4.15. The lowest BCUT2D eigenvalue weighted by Gasteiger charge is -2.01. The maximum Gasteiger partial charge on any atom is 0.261 e. The summed E-state index contributed by atoms with van der Waals surface area (Å²) in [6.45, 7) is 2.46. The SMILES string of the molecule is Cc1sc(C(=O)NCCc2ncc[nH]2)cc1N. The minimum absolute atomic E-state index is 0.0821. The second-order valence-corrected chi connectivity index (χ2v) is 4.92. The van der Waals surface area contributed by atoms with Crippen LogP contribution in [0.4, 0.5) is 5.69 Å². The van der Waals surface area contributed by atoms with Crippen molar-refractivity contribution in [3.8, 4) is 0 Å². The molecule has 2 rings (SSSR count). The molecule has 0 radical (unpaired) electrons. The molecule has 90 valence electrons. The number of nitrogens with zero attached hydrogens (tertiary/aromatic N) is 1. The van der Waals surface area contributed by atoms with E-state index in [1.165, 1.54) is 11.3 Å². The summed E-state index contributed by atoms with van der Waals surface area (Å²) in [7, 11) is 0. The number of carbonyl (C=O) groups is 1. The van der Waals surface area contributed by atoms with Crippen LogP contribution in [0.1, 0.15) is 20.4 Å². The standard InChI is InChI=1S/C11H14N4OS/c1-7-8(12)6-9(17-7)11(16)15-3-2-10-13-4-5-14-10/h4-6H,2-3,12H2,1H3,(H,13,14)(H,15,16). The molecule has 0 saturated heterocycles. The number of aryl methyl sites for hydroxylation is 1. The van der Waals surface area contributed by atoms with Gasteiger partial charge in [-0.3, -0.25) is 4.79 Å². The molecule has 4 N–H and O–H groups in total. The molecule has 6 heteroatoms. The molecule has 0 unspecified atom stereocenters. The van der Waals surface area contributed by atoms with Crippen molar-refractivity contribution < 1.29 is 4.79 Å². The van der Waals surface area contributed by atoms with E-state index in [2.05, 4.69) is 15.3 Å². The average Bonchev–Trinajstić information content (AvgIpc) is 2.90. The second kappa shape index (κ2) is 5.01. The highest BCUT2D eigenvalue weighted by atomic mass is 32.1. The van der Waals surface area contributed by atoms with Gasteiger partial charge in [0.15, 0.2) is 0 Å². The predicted octanol–water partition coefficient (Wildman–Crippen LogP) is 1.33. The number of nitrogens with one attached hydrogen (secondary N) is 2. The van der Waals surface area contributed by atoms with E-state index in [0.717, 1.165) is 10.7 Å². The number of hydrogen-bond acceptors (Lipinski definition) is 4. The van der Waals surface area contributed by atoms with Crippen molar-refractivity contribution in [1.82, 2.24) is 15.3 Å². The summed E-state index contributed by atoms with van der Waals surface area (Å²) in [6, 6.07) is 1.71. The molecule has 0 aliphatic rings. The summed E-state index contributed by atoms with van der Waals surface area (Å²) >= 11 is 1.41. The molecule has 2 heterocycles. The van der Waals surface area contributed by atoms with Gasteiger partial charge in [-0.15, -0.1) is 11.3 Å². The van der Waals surface area contributed by atoms with Gasteiger partial charge in [-0.25, -0.2) is 4.98 Å². The van der Waals surface area contributed by atoms with Gasteiger partial charge in [0.25, 0.3) is 5.91 Å². The molecule has 0 aliphatic heterocycles. The largest absolute Gasteiger partial charge is 0.398 e. The van der Waals surface area contributed by atoms with E-state index in [9.17, 15) is 4.79 Å². The van der Waals surface area contributed by atoms with Crippen LogP contribution in [0.3, 0.4) is 0 Å². The highest BCUT2D eigenvalue weighted by Crippen LogP contribution is 2.22. The molecule has 0 bridgehead atoms. The monoisotopic (exact) mass is 250 g/mol. The Balaban J connectivity index is 1.85. The number of aromatic amines is 1. The van der Waals surface area contributed by atoms with Crippen molar-refractivity contribution in [1.29, 1.82) is 0 Å². The van der Waals surface area contributed by atoms with Crippen molar-refractivity contribution in [3.05, 3.63) is 34.0 Å². The van der Waals surface area contributed by atoms with E-state index < -0.39 is 0 Å². The third-order valence-electron chi connectivity index (χ3n) is 2.38. The summed E-state index contributed by atoms with van der Waals surface area (Å²) in [4.78, 5) is 20.4. The van der Waals surface area contributed by atoms with Gasteiger partial charge < -0.3 is 16.0 Å². The molecule has 0 atom stereocenters. The van der Waals surface area contributed by atoms with E-state index in [1.54, 1.807) is 18.5 Å². The first kappa shape index (κ1) is 11.7. The number of hydrogen-bond donors (Lipinski definition) is 3. The van der Waals surface area contributed by atoms with Crippen molar-refractivity contribution in [3.63, 3.8) is 0 Å². The number of anilines is 1. The van der Waals surface area contributed by atoms with Crippen LogP contribution in [0.25, 0.3) is 0 Å². The van der Waals surface area contributed by atoms with Gasteiger partial charge in [-0.05, 0) is 13.0 Å². The molecule has 0 aromatic carbocycles. The third-order valence-corrected chi connectivity index (χ3v) is 3.45. The number of imidazole rings is 1. The number of H-pyrrole nitrogens is 1. The van der Waals surface area contributed by atoms with Gasteiger partial charge in [0.2, 0.25) is 0 Å².